The molecule has 0 spiro atoms. The Morgan fingerprint density at radius 1 is 1.33 bits per heavy atom. The average Bonchev–Trinajstić information content (AvgIpc) is 2.94. The largest absolute Gasteiger partial charge is 0.388 e. The molecule has 2 unspecified atom stereocenters. The first-order chi connectivity index (χ1) is 10.1. The summed E-state index contributed by atoms with van der Waals surface area (Å²) in [4.78, 5) is 4.50. The third-order valence-electron chi connectivity index (χ3n) is 3.36. The predicted octanol–water partition coefficient (Wildman–Crippen LogP) is 3.45. The van der Waals surface area contributed by atoms with E-state index in [2.05, 4.69) is 22.6 Å². The van der Waals surface area contributed by atoms with Gasteiger partial charge in [-0.25, -0.2) is 9.37 Å². The van der Waals surface area contributed by atoms with Crippen LogP contribution in [0.1, 0.15) is 42.6 Å². The monoisotopic (exact) mass is 308 g/mol. The smallest absolute Gasteiger partial charge is 0.123 e. The van der Waals surface area contributed by atoms with E-state index in [-0.39, 0.29) is 11.9 Å². The molecule has 0 saturated carbocycles. The number of aliphatic hydroxyl groups excluding tert-OH is 1. The Morgan fingerprint density at radius 3 is 2.67 bits per heavy atom. The van der Waals surface area contributed by atoms with Gasteiger partial charge in [-0.05, 0) is 37.5 Å². The van der Waals surface area contributed by atoms with Crippen LogP contribution in [0.2, 0.25) is 0 Å². The number of nitrogens with zero attached hydrogens (tertiary/aromatic N) is 1. The molecule has 0 bridgehead atoms. The molecule has 5 heteroatoms. The third-order valence-corrected chi connectivity index (χ3v) is 4.41. The summed E-state index contributed by atoms with van der Waals surface area (Å²) in [5.41, 5.74) is 1.78. The highest BCUT2D eigenvalue weighted by molar-refractivity contribution is 7.09. The maximum Gasteiger partial charge on any atom is 0.123 e. The summed E-state index contributed by atoms with van der Waals surface area (Å²) in [7, 11) is 0. The zero-order valence-corrected chi connectivity index (χ0v) is 13.2. The van der Waals surface area contributed by atoms with Gasteiger partial charge in [0.1, 0.15) is 5.82 Å². The van der Waals surface area contributed by atoms with Crippen molar-refractivity contribution in [3.63, 3.8) is 0 Å². The number of thiazole rings is 1. The maximum absolute atomic E-state index is 12.9. The second kappa shape index (κ2) is 7.64. The van der Waals surface area contributed by atoms with Crippen molar-refractivity contribution in [3.8, 4) is 0 Å². The van der Waals surface area contributed by atoms with E-state index in [4.69, 9.17) is 0 Å². The molecule has 2 aromatic rings. The van der Waals surface area contributed by atoms with Crippen molar-refractivity contribution in [2.24, 2.45) is 0 Å². The maximum atomic E-state index is 12.9. The van der Waals surface area contributed by atoms with Gasteiger partial charge in [-0.2, -0.15) is 0 Å². The fraction of sp³-hybridized carbons (Fsp3) is 0.438. The number of aliphatic hydroxyl groups is 1. The van der Waals surface area contributed by atoms with Gasteiger partial charge in [0.25, 0.3) is 0 Å². The van der Waals surface area contributed by atoms with Crippen molar-refractivity contribution in [1.29, 1.82) is 0 Å². The second-order valence-corrected chi connectivity index (χ2v) is 6.11. The fourth-order valence-corrected chi connectivity index (χ4v) is 2.86. The van der Waals surface area contributed by atoms with E-state index < -0.39 is 6.10 Å². The van der Waals surface area contributed by atoms with E-state index in [9.17, 15) is 9.50 Å². The Bertz CT molecular complexity index is 556. The Labute approximate surface area is 128 Å². The van der Waals surface area contributed by atoms with Crippen LogP contribution in [0.15, 0.2) is 29.6 Å². The van der Waals surface area contributed by atoms with Gasteiger partial charge in [-0.15, -0.1) is 11.3 Å². The number of hydrogen-bond acceptors (Lipinski definition) is 4. The first-order valence-corrected chi connectivity index (χ1v) is 8.06. The summed E-state index contributed by atoms with van der Waals surface area (Å²) in [6, 6.07) is 6.15. The number of nitrogens with one attached hydrogen (secondary N) is 1. The molecule has 2 atom stereocenters. The molecule has 0 aliphatic rings. The second-order valence-electron chi connectivity index (χ2n) is 5.17. The molecule has 1 aromatic carbocycles. The van der Waals surface area contributed by atoms with Gasteiger partial charge in [0.2, 0.25) is 0 Å². The lowest BCUT2D eigenvalue weighted by Gasteiger charge is -2.17. The Balaban J connectivity index is 1.80. The molecule has 114 valence electrons. The summed E-state index contributed by atoms with van der Waals surface area (Å²) < 4.78 is 12.9. The van der Waals surface area contributed by atoms with Gasteiger partial charge in [0.05, 0.1) is 16.8 Å². The van der Waals surface area contributed by atoms with Crippen LogP contribution in [0.3, 0.4) is 0 Å². The molecule has 2 N–H and O–H groups in total. The number of benzene rings is 1. The van der Waals surface area contributed by atoms with Crippen molar-refractivity contribution in [3.05, 3.63) is 51.7 Å². The molecule has 1 aromatic heterocycles. The Hall–Kier alpha value is -1.30. The number of aromatic nitrogens is 1. The lowest BCUT2D eigenvalue weighted by molar-refractivity contribution is 0.153. The van der Waals surface area contributed by atoms with Crippen molar-refractivity contribution >= 4 is 11.3 Å². The molecule has 0 aliphatic carbocycles. The van der Waals surface area contributed by atoms with Crippen molar-refractivity contribution in [2.45, 2.75) is 45.4 Å². The molecule has 3 nitrogen and oxygen atoms in total. The molecule has 21 heavy (non-hydrogen) atoms. The summed E-state index contributed by atoms with van der Waals surface area (Å²) in [5, 5.41) is 16.7. The molecule has 0 amide bonds. The van der Waals surface area contributed by atoms with Crippen LogP contribution < -0.4 is 5.32 Å². The highest BCUT2D eigenvalue weighted by atomic mass is 32.1. The van der Waals surface area contributed by atoms with Crippen LogP contribution in [0, 0.1) is 5.82 Å². The van der Waals surface area contributed by atoms with Crippen molar-refractivity contribution in [2.75, 3.05) is 0 Å². The van der Waals surface area contributed by atoms with Crippen LogP contribution in [0.25, 0.3) is 0 Å². The van der Waals surface area contributed by atoms with E-state index >= 15 is 0 Å². The zero-order valence-electron chi connectivity index (χ0n) is 12.3. The number of aryl methyl sites for hydroxylation is 1. The lowest BCUT2D eigenvalue weighted by atomic mass is 10.0. The average molecular weight is 308 g/mol. The Kier molecular flexibility index (Phi) is 5.85. The number of rotatable bonds is 7. The first-order valence-electron chi connectivity index (χ1n) is 7.18. The summed E-state index contributed by atoms with van der Waals surface area (Å²) >= 11 is 1.68. The van der Waals surface area contributed by atoms with E-state index in [1.165, 1.54) is 12.1 Å². The van der Waals surface area contributed by atoms with Gasteiger partial charge >= 0.3 is 0 Å². The summed E-state index contributed by atoms with van der Waals surface area (Å²) in [6.45, 7) is 4.82. The van der Waals surface area contributed by atoms with E-state index in [0.717, 1.165) is 22.7 Å². The van der Waals surface area contributed by atoms with Gasteiger partial charge in [-0.3, -0.25) is 0 Å². The topological polar surface area (TPSA) is 45.2 Å². The quantitative estimate of drug-likeness (QED) is 0.823. The lowest BCUT2D eigenvalue weighted by Crippen LogP contribution is -2.27. The normalized spacial score (nSPS) is 14.1. The van der Waals surface area contributed by atoms with Crippen LogP contribution >= 0.6 is 11.3 Å². The summed E-state index contributed by atoms with van der Waals surface area (Å²) in [5.74, 6) is -0.285. The fourth-order valence-electron chi connectivity index (χ4n) is 2.11. The van der Waals surface area contributed by atoms with Crippen LogP contribution in [0.5, 0.6) is 0 Å². The number of halogens is 1. The summed E-state index contributed by atoms with van der Waals surface area (Å²) in [6.07, 6.45) is 0.953. The van der Waals surface area contributed by atoms with Gasteiger partial charge in [0.15, 0.2) is 0 Å². The SMILES string of the molecule is CCc1nc(CNC(C)CC(O)c2ccc(F)cc2)cs1. The van der Waals surface area contributed by atoms with Crippen molar-refractivity contribution < 1.29 is 9.50 Å². The highest BCUT2D eigenvalue weighted by Gasteiger charge is 2.12. The predicted molar refractivity (Wildman–Crippen MR) is 83.8 cm³/mol. The van der Waals surface area contributed by atoms with Crippen molar-refractivity contribution in [1.82, 2.24) is 10.3 Å². The van der Waals surface area contributed by atoms with E-state index in [1.807, 2.05) is 6.92 Å². The molecule has 1 heterocycles. The minimum atomic E-state index is -0.588. The standard InChI is InChI=1S/C16H21FN2OS/c1-3-16-19-14(10-21-16)9-18-11(2)8-15(20)12-4-6-13(17)7-5-12/h4-7,10-11,15,18,20H,3,8-9H2,1-2H3. The molecule has 0 radical (unpaired) electrons. The highest BCUT2D eigenvalue weighted by Crippen LogP contribution is 2.19. The molecule has 0 saturated heterocycles. The van der Waals surface area contributed by atoms with Gasteiger partial charge < -0.3 is 10.4 Å². The van der Waals surface area contributed by atoms with Crippen LogP contribution in [-0.2, 0) is 13.0 Å². The van der Waals surface area contributed by atoms with Crippen LogP contribution in [-0.4, -0.2) is 16.1 Å². The molecule has 0 fully saturated rings. The number of hydrogen-bond donors (Lipinski definition) is 2. The zero-order chi connectivity index (χ0) is 15.2. The molecule has 0 aliphatic heterocycles. The van der Waals surface area contributed by atoms with Gasteiger partial charge in [-0.1, -0.05) is 19.1 Å². The minimum Gasteiger partial charge on any atom is -0.388 e. The van der Waals surface area contributed by atoms with E-state index in [0.29, 0.717) is 13.0 Å². The third kappa shape index (κ3) is 4.88. The van der Waals surface area contributed by atoms with Gasteiger partial charge in [0, 0.05) is 18.0 Å². The Morgan fingerprint density at radius 2 is 2.05 bits per heavy atom. The van der Waals surface area contributed by atoms with Crippen LogP contribution in [0.4, 0.5) is 4.39 Å². The van der Waals surface area contributed by atoms with E-state index in [1.54, 1.807) is 23.5 Å². The molecular formula is C16H21FN2OS. The molecule has 2 rings (SSSR count). The minimum absolute atomic E-state index is 0.150. The first kappa shape index (κ1) is 16.1. The molecular weight excluding hydrogens is 287 g/mol.